The first-order chi connectivity index (χ1) is 19.0. The minimum atomic E-state index is -0.217. The predicted octanol–water partition coefficient (Wildman–Crippen LogP) is 5.62. The van der Waals surface area contributed by atoms with E-state index < -0.39 is 0 Å². The number of nitriles is 1. The molecule has 2 aromatic carbocycles. The molecule has 198 valence electrons. The molecule has 1 aliphatic carbocycles. The van der Waals surface area contributed by atoms with Gasteiger partial charge in [-0.3, -0.25) is 9.36 Å². The van der Waals surface area contributed by atoms with Crippen LogP contribution in [0.1, 0.15) is 80.8 Å². The Morgan fingerprint density at radius 1 is 1.13 bits per heavy atom. The molecule has 39 heavy (non-hydrogen) atoms. The Balaban J connectivity index is 1.35. The van der Waals surface area contributed by atoms with Gasteiger partial charge >= 0.3 is 0 Å². The summed E-state index contributed by atoms with van der Waals surface area (Å²) in [5.74, 6) is 0.622. The van der Waals surface area contributed by atoms with Crippen LogP contribution in [-0.2, 0) is 17.7 Å². The standard InChI is InChI=1S/C31H32N6O2/c1-3-6-28-27(17-22-9-11-23(12-10-22)26-8-5-4-7-24(26)19-32)29(38)36(30-33-20-34-37(28)30)25-13-15-31(16-14-25)18-21(2)35-39-31/h4-5,7-12,20,25H,3,6,13-18H2,1-2H3. The van der Waals surface area contributed by atoms with Gasteiger partial charge in [-0.1, -0.05) is 61.0 Å². The fourth-order valence-corrected chi connectivity index (χ4v) is 6.28. The number of benzene rings is 2. The molecule has 0 N–H and O–H groups in total. The second-order valence-corrected chi connectivity index (χ2v) is 10.9. The van der Waals surface area contributed by atoms with E-state index in [0.29, 0.717) is 17.8 Å². The fourth-order valence-electron chi connectivity index (χ4n) is 6.28. The van der Waals surface area contributed by atoms with Gasteiger partial charge in [0.15, 0.2) is 0 Å². The van der Waals surface area contributed by atoms with Gasteiger partial charge in [0.1, 0.15) is 11.9 Å². The Labute approximate surface area is 227 Å². The topological polar surface area (TPSA) is 97.6 Å². The van der Waals surface area contributed by atoms with E-state index in [1.54, 1.807) is 6.33 Å². The van der Waals surface area contributed by atoms with Crippen LogP contribution in [0.2, 0.25) is 0 Å². The maximum absolute atomic E-state index is 14.2. The number of hydrogen-bond acceptors (Lipinski definition) is 6. The number of rotatable bonds is 6. The summed E-state index contributed by atoms with van der Waals surface area (Å²) in [6.07, 6.45) is 7.98. The molecule has 2 aliphatic rings. The molecule has 4 aromatic rings. The Hall–Kier alpha value is -4.25. The molecule has 0 bridgehead atoms. The highest BCUT2D eigenvalue weighted by Crippen LogP contribution is 2.42. The van der Waals surface area contributed by atoms with E-state index >= 15 is 0 Å². The number of fused-ring (bicyclic) bond motifs is 1. The van der Waals surface area contributed by atoms with Crippen molar-refractivity contribution in [3.05, 3.63) is 87.6 Å². The molecule has 0 saturated heterocycles. The molecule has 1 spiro atoms. The molecular formula is C31H32N6O2. The van der Waals surface area contributed by atoms with Crippen LogP contribution in [0, 0.1) is 11.3 Å². The number of nitrogens with zero attached hydrogens (tertiary/aromatic N) is 6. The highest BCUT2D eigenvalue weighted by molar-refractivity contribution is 5.83. The van der Waals surface area contributed by atoms with Crippen molar-refractivity contribution < 1.29 is 4.84 Å². The molecule has 0 amide bonds. The third kappa shape index (κ3) is 4.52. The Morgan fingerprint density at radius 2 is 1.90 bits per heavy atom. The SMILES string of the molecule is CCCc1c(Cc2ccc(-c3ccccc3C#N)cc2)c(=O)n(C2CCC3(CC2)CC(C)=NO3)c2ncnn12. The van der Waals surface area contributed by atoms with Crippen molar-refractivity contribution in [1.29, 1.82) is 5.26 Å². The van der Waals surface area contributed by atoms with Crippen molar-refractivity contribution in [1.82, 2.24) is 19.2 Å². The molecule has 0 radical (unpaired) electrons. The van der Waals surface area contributed by atoms with E-state index in [0.717, 1.165) is 78.6 Å². The van der Waals surface area contributed by atoms with Gasteiger partial charge in [-0.15, -0.1) is 0 Å². The zero-order valence-electron chi connectivity index (χ0n) is 22.4. The lowest BCUT2D eigenvalue weighted by Gasteiger charge is -2.35. The molecule has 0 atom stereocenters. The van der Waals surface area contributed by atoms with Gasteiger partial charge in [0.2, 0.25) is 5.78 Å². The molecule has 1 aliphatic heterocycles. The van der Waals surface area contributed by atoms with Gasteiger partial charge in [-0.25, -0.2) is 4.52 Å². The van der Waals surface area contributed by atoms with Gasteiger partial charge < -0.3 is 4.84 Å². The lowest BCUT2D eigenvalue weighted by atomic mass is 9.79. The summed E-state index contributed by atoms with van der Waals surface area (Å²) in [5, 5.41) is 18.3. The first kappa shape index (κ1) is 25.1. The summed E-state index contributed by atoms with van der Waals surface area (Å²) >= 11 is 0. The van der Waals surface area contributed by atoms with E-state index in [1.807, 2.05) is 52.4 Å². The molecular weight excluding hydrogens is 488 g/mol. The van der Waals surface area contributed by atoms with Gasteiger partial charge in [-0.2, -0.15) is 15.3 Å². The van der Waals surface area contributed by atoms with E-state index in [9.17, 15) is 10.1 Å². The minimum Gasteiger partial charge on any atom is -0.389 e. The summed E-state index contributed by atoms with van der Waals surface area (Å²) in [4.78, 5) is 24.6. The van der Waals surface area contributed by atoms with Crippen LogP contribution in [0.4, 0.5) is 0 Å². The molecule has 2 aromatic heterocycles. The van der Waals surface area contributed by atoms with Crippen LogP contribution in [0.25, 0.3) is 16.9 Å². The zero-order chi connectivity index (χ0) is 27.0. The predicted molar refractivity (Wildman–Crippen MR) is 150 cm³/mol. The first-order valence-corrected chi connectivity index (χ1v) is 13.8. The summed E-state index contributed by atoms with van der Waals surface area (Å²) in [7, 11) is 0. The van der Waals surface area contributed by atoms with Crippen molar-refractivity contribution >= 4 is 11.5 Å². The molecule has 1 saturated carbocycles. The highest BCUT2D eigenvalue weighted by Gasteiger charge is 2.42. The van der Waals surface area contributed by atoms with Crippen molar-refractivity contribution in [2.75, 3.05) is 0 Å². The number of oxime groups is 1. The number of aryl methyl sites for hydroxylation is 1. The molecule has 0 unspecified atom stereocenters. The third-order valence-corrected chi connectivity index (χ3v) is 8.21. The summed E-state index contributed by atoms with van der Waals surface area (Å²) in [6.45, 7) is 4.13. The lowest BCUT2D eigenvalue weighted by Crippen LogP contribution is -2.39. The van der Waals surface area contributed by atoms with E-state index in [1.165, 1.54) is 0 Å². The Bertz CT molecular complexity index is 1650. The molecule has 8 nitrogen and oxygen atoms in total. The van der Waals surface area contributed by atoms with Gasteiger partial charge in [0.05, 0.1) is 23.0 Å². The van der Waals surface area contributed by atoms with E-state index in [4.69, 9.17) is 4.84 Å². The monoisotopic (exact) mass is 520 g/mol. The van der Waals surface area contributed by atoms with Gasteiger partial charge in [0.25, 0.3) is 5.56 Å². The van der Waals surface area contributed by atoms with E-state index in [2.05, 4.69) is 40.4 Å². The Kier molecular flexibility index (Phi) is 6.51. The van der Waals surface area contributed by atoms with Gasteiger partial charge in [-0.05, 0) is 61.8 Å². The molecule has 3 heterocycles. The van der Waals surface area contributed by atoms with Crippen molar-refractivity contribution in [3.8, 4) is 17.2 Å². The quantitative estimate of drug-likeness (QED) is 0.329. The fraction of sp³-hybridized carbons (Fsp3) is 0.387. The lowest BCUT2D eigenvalue weighted by molar-refractivity contribution is -0.0528. The Morgan fingerprint density at radius 3 is 2.59 bits per heavy atom. The maximum atomic E-state index is 14.2. The first-order valence-electron chi connectivity index (χ1n) is 13.8. The molecule has 1 fully saturated rings. The van der Waals surface area contributed by atoms with E-state index in [-0.39, 0.29) is 17.2 Å². The normalized spacial score (nSPS) is 20.6. The average Bonchev–Trinajstić information content (AvgIpc) is 3.59. The summed E-state index contributed by atoms with van der Waals surface area (Å²) < 4.78 is 3.76. The average molecular weight is 521 g/mol. The van der Waals surface area contributed by atoms with Gasteiger partial charge in [0, 0.05) is 24.4 Å². The summed E-state index contributed by atoms with van der Waals surface area (Å²) in [5.41, 5.74) is 6.14. The van der Waals surface area contributed by atoms with Crippen LogP contribution < -0.4 is 5.56 Å². The molecule has 6 rings (SSSR count). The maximum Gasteiger partial charge on any atom is 0.259 e. The zero-order valence-corrected chi connectivity index (χ0v) is 22.4. The van der Waals surface area contributed by atoms with Crippen LogP contribution in [0.3, 0.4) is 0 Å². The van der Waals surface area contributed by atoms with Crippen molar-refractivity contribution in [2.24, 2.45) is 5.16 Å². The van der Waals surface area contributed by atoms with Crippen LogP contribution in [0.15, 0.2) is 64.8 Å². The highest BCUT2D eigenvalue weighted by atomic mass is 16.7. The number of aromatic nitrogens is 4. The smallest absolute Gasteiger partial charge is 0.259 e. The second kappa shape index (κ2) is 10.1. The minimum absolute atomic E-state index is 0.0265. The number of hydrogen-bond donors (Lipinski definition) is 0. The largest absolute Gasteiger partial charge is 0.389 e. The van der Waals surface area contributed by atoms with Crippen molar-refractivity contribution in [3.63, 3.8) is 0 Å². The van der Waals surface area contributed by atoms with Crippen LogP contribution in [0.5, 0.6) is 0 Å². The van der Waals surface area contributed by atoms with Crippen LogP contribution in [-0.4, -0.2) is 30.5 Å². The van der Waals surface area contributed by atoms with Crippen LogP contribution >= 0.6 is 0 Å². The van der Waals surface area contributed by atoms with Crippen molar-refractivity contribution in [2.45, 2.75) is 76.9 Å². The second-order valence-electron chi connectivity index (χ2n) is 10.9. The third-order valence-electron chi connectivity index (χ3n) is 8.21. The molecule has 8 heteroatoms. The summed E-state index contributed by atoms with van der Waals surface area (Å²) in [6, 6.07) is 18.1.